The van der Waals surface area contributed by atoms with Crippen LogP contribution >= 0.6 is 0 Å². The number of nitrogens with one attached hydrogen (secondary N) is 1. The molecular formula is C8H16NO4. The van der Waals surface area contributed by atoms with Crippen molar-refractivity contribution < 1.29 is 20.1 Å². The predicted octanol–water partition coefficient (Wildman–Crippen LogP) is -1.57. The highest BCUT2D eigenvalue weighted by Gasteiger charge is 2.30. The minimum atomic E-state index is -1.33. The van der Waals surface area contributed by atoms with Crippen LogP contribution in [0, 0.1) is 5.92 Å². The number of hydrogen-bond donors (Lipinski definition) is 4. The molecule has 0 spiro atoms. The van der Waals surface area contributed by atoms with Crippen LogP contribution in [0.1, 0.15) is 13.8 Å². The Hall–Kier alpha value is -0.650. The van der Waals surface area contributed by atoms with Gasteiger partial charge >= 0.3 is 0 Å². The molecule has 1 radical (unpaired) electrons. The fourth-order valence-corrected chi connectivity index (χ4v) is 0.634. The van der Waals surface area contributed by atoms with E-state index in [1.807, 2.05) is 0 Å². The molecule has 77 valence electrons. The quantitative estimate of drug-likeness (QED) is 0.422. The number of rotatable bonds is 5. The second-order valence-electron chi connectivity index (χ2n) is 3.21. The topological polar surface area (TPSA) is 89.8 Å². The Morgan fingerprint density at radius 3 is 1.77 bits per heavy atom. The molecule has 0 aromatic rings. The zero-order valence-corrected chi connectivity index (χ0v) is 7.87. The molecule has 5 heteroatoms. The monoisotopic (exact) mass is 190 g/mol. The minimum Gasteiger partial charge on any atom is -0.394 e. The highest BCUT2D eigenvalue weighted by Crippen LogP contribution is 2.04. The Kier molecular flexibility index (Phi) is 4.90. The van der Waals surface area contributed by atoms with E-state index in [0.717, 1.165) is 0 Å². The van der Waals surface area contributed by atoms with E-state index < -0.39 is 31.3 Å². The van der Waals surface area contributed by atoms with Gasteiger partial charge in [-0.2, -0.15) is 0 Å². The summed E-state index contributed by atoms with van der Waals surface area (Å²) in [6.45, 7) is 1.70. The molecule has 0 atom stereocenters. The summed E-state index contributed by atoms with van der Waals surface area (Å²) in [7, 11) is 0. The lowest BCUT2D eigenvalue weighted by Gasteiger charge is -2.29. The van der Waals surface area contributed by atoms with Crippen molar-refractivity contribution in [1.82, 2.24) is 5.32 Å². The number of carbonyl (C=O) groups is 1. The third kappa shape index (κ3) is 3.30. The molecule has 0 aliphatic heterocycles. The van der Waals surface area contributed by atoms with Crippen LogP contribution in [-0.2, 0) is 4.79 Å². The Morgan fingerprint density at radius 1 is 1.15 bits per heavy atom. The van der Waals surface area contributed by atoms with Gasteiger partial charge in [0.05, 0.1) is 25.7 Å². The first-order valence-corrected chi connectivity index (χ1v) is 3.96. The predicted molar refractivity (Wildman–Crippen MR) is 46.7 cm³/mol. The molecule has 0 heterocycles. The summed E-state index contributed by atoms with van der Waals surface area (Å²) in [5, 5.41) is 28.9. The van der Waals surface area contributed by atoms with Gasteiger partial charge in [-0.3, -0.25) is 4.79 Å². The summed E-state index contributed by atoms with van der Waals surface area (Å²) in [5.41, 5.74) is -1.33. The molecule has 0 fully saturated rings. The molecule has 0 unspecified atom stereocenters. The highest BCUT2D eigenvalue weighted by atomic mass is 16.3. The molecule has 0 aliphatic carbocycles. The van der Waals surface area contributed by atoms with E-state index >= 15 is 0 Å². The van der Waals surface area contributed by atoms with E-state index in [1.54, 1.807) is 13.8 Å². The molecule has 13 heavy (non-hydrogen) atoms. The lowest BCUT2D eigenvalue weighted by Crippen LogP contribution is -2.57. The normalized spacial score (nSPS) is 11.8. The maximum Gasteiger partial charge on any atom is 0.227 e. The van der Waals surface area contributed by atoms with Crippen LogP contribution in [-0.4, -0.2) is 46.6 Å². The van der Waals surface area contributed by atoms with Gasteiger partial charge in [0.15, 0.2) is 0 Å². The zero-order valence-electron chi connectivity index (χ0n) is 7.87. The van der Waals surface area contributed by atoms with Crippen LogP contribution in [0.25, 0.3) is 0 Å². The lowest BCUT2D eigenvalue weighted by molar-refractivity contribution is -0.123. The SMILES string of the molecule is C[C](C)C(=O)NC(CO)(CO)CO. The third-order valence-corrected chi connectivity index (χ3v) is 1.74. The van der Waals surface area contributed by atoms with Crippen molar-refractivity contribution in [3.05, 3.63) is 5.92 Å². The van der Waals surface area contributed by atoms with Gasteiger partial charge in [0, 0.05) is 0 Å². The molecule has 0 aliphatic rings. The molecule has 1 amide bonds. The summed E-state index contributed by atoms with van der Waals surface area (Å²) < 4.78 is 0. The molecule has 0 saturated heterocycles. The standard InChI is InChI=1S/C8H16NO4/c1-6(2)7(13)9-8(3-10,4-11)5-12/h10-12H,3-5H2,1-2H3,(H,9,13). The Morgan fingerprint density at radius 2 is 1.54 bits per heavy atom. The maximum atomic E-state index is 11.2. The van der Waals surface area contributed by atoms with Crippen LogP contribution in [0.4, 0.5) is 0 Å². The summed E-state index contributed by atoms with van der Waals surface area (Å²) in [6.07, 6.45) is 0. The van der Waals surface area contributed by atoms with E-state index in [4.69, 9.17) is 15.3 Å². The Balaban J connectivity index is 4.33. The van der Waals surface area contributed by atoms with E-state index in [2.05, 4.69) is 5.32 Å². The fourth-order valence-electron chi connectivity index (χ4n) is 0.634. The first kappa shape index (κ1) is 12.3. The van der Waals surface area contributed by atoms with Crippen molar-refractivity contribution in [1.29, 1.82) is 0 Å². The summed E-state index contributed by atoms with van der Waals surface area (Å²) in [4.78, 5) is 11.2. The first-order valence-electron chi connectivity index (χ1n) is 3.96. The van der Waals surface area contributed by atoms with Crippen molar-refractivity contribution in [2.75, 3.05) is 19.8 Å². The average molecular weight is 190 g/mol. The summed E-state index contributed by atoms with van der Waals surface area (Å²) in [5.74, 6) is 0.108. The Bertz CT molecular complexity index is 157. The van der Waals surface area contributed by atoms with Gasteiger partial charge in [-0.1, -0.05) is 13.8 Å². The van der Waals surface area contributed by atoms with Gasteiger partial charge < -0.3 is 20.6 Å². The number of carbonyl (C=O) groups excluding carboxylic acids is 1. The molecule has 0 aromatic heterocycles. The second-order valence-corrected chi connectivity index (χ2v) is 3.21. The lowest BCUT2D eigenvalue weighted by atomic mass is 10.0. The second kappa shape index (κ2) is 5.16. The number of amides is 1. The van der Waals surface area contributed by atoms with E-state index in [1.165, 1.54) is 0 Å². The van der Waals surface area contributed by atoms with Crippen molar-refractivity contribution in [3.8, 4) is 0 Å². The van der Waals surface area contributed by atoms with Gasteiger partial charge in [-0.15, -0.1) is 0 Å². The van der Waals surface area contributed by atoms with Crippen LogP contribution in [0.15, 0.2) is 0 Å². The van der Waals surface area contributed by atoms with Gasteiger partial charge in [0.2, 0.25) is 5.91 Å². The number of hydrogen-bond acceptors (Lipinski definition) is 4. The maximum absolute atomic E-state index is 11.2. The molecule has 0 bridgehead atoms. The Labute approximate surface area is 77.4 Å². The fraction of sp³-hybridized carbons (Fsp3) is 0.750. The van der Waals surface area contributed by atoms with E-state index in [0.29, 0.717) is 5.92 Å². The van der Waals surface area contributed by atoms with Gasteiger partial charge in [-0.25, -0.2) is 0 Å². The van der Waals surface area contributed by atoms with Gasteiger partial charge in [-0.05, 0) is 0 Å². The van der Waals surface area contributed by atoms with Gasteiger partial charge in [0.25, 0.3) is 0 Å². The average Bonchev–Trinajstić information content (AvgIpc) is 2.14. The molecule has 0 saturated carbocycles. The van der Waals surface area contributed by atoms with E-state index in [-0.39, 0.29) is 0 Å². The van der Waals surface area contributed by atoms with Crippen LogP contribution in [0.5, 0.6) is 0 Å². The first-order chi connectivity index (χ1) is 6.01. The third-order valence-electron chi connectivity index (χ3n) is 1.74. The van der Waals surface area contributed by atoms with Crippen LogP contribution < -0.4 is 5.32 Å². The largest absolute Gasteiger partial charge is 0.394 e. The molecule has 0 rings (SSSR count). The zero-order chi connectivity index (χ0) is 10.5. The van der Waals surface area contributed by atoms with Crippen molar-refractivity contribution >= 4 is 5.91 Å². The van der Waals surface area contributed by atoms with Crippen LogP contribution in [0.2, 0.25) is 0 Å². The molecule has 5 nitrogen and oxygen atoms in total. The summed E-state index contributed by atoms with van der Waals surface area (Å²) >= 11 is 0. The van der Waals surface area contributed by atoms with Crippen molar-refractivity contribution in [3.63, 3.8) is 0 Å². The molecule has 4 N–H and O–H groups in total. The summed E-state index contributed by atoms with van der Waals surface area (Å²) in [6, 6.07) is 0. The number of aliphatic hydroxyl groups is 3. The highest BCUT2D eigenvalue weighted by molar-refractivity contribution is 5.89. The van der Waals surface area contributed by atoms with Crippen LogP contribution in [0.3, 0.4) is 0 Å². The smallest absolute Gasteiger partial charge is 0.227 e. The van der Waals surface area contributed by atoms with Crippen molar-refractivity contribution in [2.45, 2.75) is 19.4 Å². The molecule has 0 aromatic carbocycles. The number of aliphatic hydroxyl groups excluding tert-OH is 3. The molecular weight excluding hydrogens is 174 g/mol. The van der Waals surface area contributed by atoms with Gasteiger partial charge in [0.1, 0.15) is 5.54 Å². The van der Waals surface area contributed by atoms with Crippen molar-refractivity contribution in [2.24, 2.45) is 0 Å². The van der Waals surface area contributed by atoms with E-state index in [9.17, 15) is 4.79 Å². The minimum absolute atomic E-state index is 0.392.